The van der Waals surface area contributed by atoms with Gasteiger partial charge in [-0.25, -0.2) is 13.9 Å². The molecule has 0 saturated carbocycles. The average molecular weight is 489 g/mol. The third-order valence-corrected chi connectivity index (χ3v) is 6.23. The van der Waals surface area contributed by atoms with Crippen LogP contribution < -0.4 is 10.9 Å². The average Bonchev–Trinajstić information content (AvgIpc) is 2.80. The van der Waals surface area contributed by atoms with Crippen LogP contribution in [0.5, 0.6) is 0 Å². The summed E-state index contributed by atoms with van der Waals surface area (Å²) in [6.45, 7) is 3.71. The highest BCUT2D eigenvalue weighted by atomic mass is 32.2. The van der Waals surface area contributed by atoms with Gasteiger partial charge in [0.2, 0.25) is 21.8 Å². The number of amides is 2. The van der Waals surface area contributed by atoms with E-state index in [0.29, 0.717) is 12.0 Å². The van der Waals surface area contributed by atoms with Gasteiger partial charge in [-0.2, -0.15) is 0 Å². The number of aromatic nitrogens is 1. The zero-order chi connectivity index (χ0) is 25.1. The number of sulfonamides is 1. The van der Waals surface area contributed by atoms with Crippen molar-refractivity contribution in [3.63, 3.8) is 0 Å². The van der Waals surface area contributed by atoms with Gasteiger partial charge in [0, 0.05) is 12.4 Å². The molecule has 2 atom stereocenters. The fourth-order valence-corrected chi connectivity index (χ4v) is 4.15. The summed E-state index contributed by atoms with van der Waals surface area (Å²) in [5.74, 6) is -3.08. The maximum Gasteiger partial charge on any atom is 0.247 e. The Hall–Kier alpha value is -3.08. The summed E-state index contributed by atoms with van der Waals surface area (Å²) in [6.07, 6.45) is 8.13. The third-order valence-electron chi connectivity index (χ3n) is 5.21. The minimum absolute atomic E-state index is 0.0368. The summed E-state index contributed by atoms with van der Waals surface area (Å²) in [7, 11) is -3.81. The molecule has 1 aromatic carbocycles. The number of pyridine rings is 1. The maximum atomic E-state index is 13.3. The molecule has 3 N–H and O–H groups in total. The summed E-state index contributed by atoms with van der Waals surface area (Å²) >= 11 is 0. The van der Waals surface area contributed by atoms with Crippen LogP contribution in [0.25, 0.3) is 6.08 Å². The largest absolute Gasteiger partial charge is 0.289 e. The van der Waals surface area contributed by atoms with Gasteiger partial charge in [0.15, 0.2) is 0 Å². The Morgan fingerprint density at radius 2 is 1.71 bits per heavy atom. The van der Waals surface area contributed by atoms with Crippen LogP contribution in [0.4, 0.5) is 0 Å². The van der Waals surface area contributed by atoms with Gasteiger partial charge < -0.3 is 0 Å². The fourth-order valence-electron chi connectivity index (χ4n) is 3.51. The van der Waals surface area contributed by atoms with Gasteiger partial charge in [-0.3, -0.25) is 25.2 Å². The van der Waals surface area contributed by atoms with Crippen LogP contribution in [0.1, 0.15) is 37.8 Å². The number of carbonyl (C=O) groups excluding carboxylic acids is 2. The molecule has 1 heterocycles. The van der Waals surface area contributed by atoms with Crippen LogP contribution in [0.3, 0.4) is 0 Å². The van der Waals surface area contributed by atoms with Crippen LogP contribution in [-0.4, -0.2) is 41.1 Å². The van der Waals surface area contributed by atoms with Crippen molar-refractivity contribution in [2.45, 2.75) is 33.2 Å². The summed E-state index contributed by atoms with van der Waals surface area (Å²) in [4.78, 5) is 29.8. The lowest BCUT2D eigenvalue weighted by molar-refractivity contribution is -0.142. The van der Waals surface area contributed by atoms with Gasteiger partial charge >= 0.3 is 0 Å². The second-order valence-electron chi connectivity index (χ2n) is 8.47. The molecule has 0 saturated heterocycles. The molecule has 0 fully saturated rings. The van der Waals surface area contributed by atoms with Crippen molar-refractivity contribution >= 4 is 27.9 Å². The minimum Gasteiger partial charge on any atom is -0.289 e. The monoisotopic (exact) mass is 488 g/mol. The lowest BCUT2D eigenvalue weighted by Crippen LogP contribution is -2.50. The minimum atomic E-state index is -3.81. The van der Waals surface area contributed by atoms with Gasteiger partial charge in [-0.15, -0.1) is 4.41 Å². The maximum absolute atomic E-state index is 13.3. The van der Waals surface area contributed by atoms with E-state index in [1.807, 2.05) is 50.3 Å². The Kier molecular flexibility index (Phi) is 10.4. The topological polar surface area (TPSA) is 129 Å². The first kappa shape index (κ1) is 27.2. The van der Waals surface area contributed by atoms with Gasteiger partial charge in [0.05, 0.1) is 24.6 Å². The van der Waals surface area contributed by atoms with E-state index in [2.05, 4.69) is 10.4 Å². The summed E-state index contributed by atoms with van der Waals surface area (Å²) in [5.41, 5.74) is 5.70. The van der Waals surface area contributed by atoms with Gasteiger partial charge in [-0.05, 0) is 42.0 Å². The molecule has 0 radical (unpaired) electrons. The van der Waals surface area contributed by atoms with Gasteiger partial charge in [-0.1, -0.05) is 56.3 Å². The SMILES string of the molecule is CC(C)C[C@@H](C(=O)NN(Cc1ccncc1)S(C)(=O)=O)[C@H](C/C=C/c1ccccc1)C(=O)NO. The zero-order valence-electron chi connectivity index (χ0n) is 19.6. The molecule has 34 heavy (non-hydrogen) atoms. The molecule has 2 aromatic rings. The summed E-state index contributed by atoms with van der Waals surface area (Å²) < 4.78 is 25.6. The highest BCUT2D eigenvalue weighted by molar-refractivity contribution is 7.88. The van der Waals surface area contributed by atoms with E-state index >= 15 is 0 Å². The molecule has 9 nitrogen and oxygen atoms in total. The Bertz CT molecular complexity index is 1060. The first-order valence-corrected chi connectivity index (χ1v) is 12.8. The smallest absolute Gasteiger partial charge is 0.247 e. The van der Waals surface area contributed by atoms with Crippen molar-refractivity contribution in [3.05, 3.63) is 72.1 Å². The highest BCUT2D eigenvalue weighted by Crippen LogP contribution is 2.26. The Labute approximate surface area is 200 Å². The summed E-state index contributed by atoms with van der Waals surface area (Å²) in [5, 5.41) is 9.32. The number of allylic oxidation sites excluding steroid dienone is 1. The van der Waals surface area contributed by atoms with Crippen molar-refractivity contribution < 1.29 is 23.2 Å². The van der Waals surface area contributed by atoms with E-state index in [0.717, 1.165) is 16.2 Å². The van der Waals surface area contributed by atoms with Crippen LogP contribution >= 0.6 is 0 Å². The molecular formula is C24H32N4O5S. The highest BCUT2D eigenvalue weighted by Gasteiger charge is 2.35. The number of hydrogen-bond acceptors (Lipinski definition) is 6. The molecule has 0 spiro atoms. The third kappa shape index (κ3) is 8.69. The Morgan fingerprint density at radius 3 is 2.26 bits per heavy atom. The number of nitrogens with zero attached hydrogens (tertiary/aromatic N) is 2. The lowest BCUT2D eigenvalue weighted by Gasteiger charge is -2.28. The van der Waals surface area contributed by atoms with Crippen molar-refractivity contribution in [1.82, 2.24) is 20.3 Å². The number of rotatable bonds is 12. The molecule has 184 valence electrons. The predicted octanol–water partition coefficient (Wildman–Crippen LogP) is 2.76. The first-order valence-electron chi connectivity index (χ1n) is 10.9. The molecule has 0 aliphatic heterocycles. The Balaban J connectivity index is 2.28. The fraction of sp³-hybridized carbons (Fsp3) is 0.375. The van der Waals surface area contributed by atoms with Gasteiger partial charge in [0.25, 0.3) is 0 Å². The second kappa shape index (κ2) is 13.0. The van der Waals surface area contributed by atoms with E-state index in [1.165, 1.54) is 12.4 Å². The molecule has 0 unspecified atom stereocenters. The first-order chi connectivity index (χ1) is 16.1. The van der Waals surface area contributed by atoms with Crippen molar-refractivity contribution in [2.75, 3.05) is 6.26 Å². The quantitative estimate of drug-likeness (QED) is 0.311. The second-order valence-corrected chi connectivity index (χ2v) is 10.4. The van der Waals surface area contributed by atoms with Crippen LogP contribution in [0.15, 0.2) is 60.9 Å². The van der Waals surface area contributed by atoms with Crippen LogP contribution in [0.2, 0.25) is 0 Å². The van der Waals surface area contributed by atoms with Crippen LogP contribution in [0, 0.1) is 17.8 Å². The molecule has 1 aromatic heterocycles. The van der Waals surface area contributed by atoms with E-state index in [-0.39, 0.29) is 18.9 Å². The van der Waals surface area contributed by atoms with Crippen molar-refractivity contribution in [2.24, 2.45) is 17.8 Å². The van der Waals surface area contributed by atoms with Crippen molar-refractivity contribution in [1.29, 1.82) is 0 Å². The molecule has 2 rings (SSSR count). The van der Waals surface area contributed by atoms with E-state index < -0.39 is 33.7 Å². The number of nitrogens with one attached hydrogen (secondary N) is 2. The zero-order valence-corrected chi connectivity index (χ0v) is 20.4. The van der Waals surface area contributed by atoms with E-state index in [4.69, 9.17) is 0 Å². The molecule has 0 bridgehead atoms. The van der Waals surface area contributed by atoms with Gasteiger partial charge in [0.1, 0.15) is 0 Å². The number of carbonyl (C=O) groups is 2. The number of hydrogen-bond donors (Lipinski definition) is 3. The number of hydroxylamine groups is 1. The normalized spacial score (nSPS) is 13.7. The summed E-state index contributed by atoms with van der Waals surface area (Å²) in [6, 6.07) is 12.8. The Morgan fingerprint density at radius 1 is 1.06 bits per heavy atom. The van der Waals surface area contributed by atoms with Crippen LogP contribution in [-0.2, 0) is 26.2 Å². The molecule has 0 aliphatic rings. The molecule has 10 heteroatoms. The predicted molar refractivity (Wildman–Crippen MR) is 129 cm³/mol. The molecular weight excluding hydrogens is 456 g/mol. The van der Waals surface area contributed by atoms with E-state index in [1.54, 1.807) is 23.7 Å². The number of hydrazine groups is 1. The molecule has 2 amide bonds. The lowest BCUT2D eigenvalue weighted by atomic mass is 9.82. The number of benzene rings is 1. The van der Waals surface area contributed by atoms with Crippen molar-refractivity contribution in [3.8, 4) is 0 Å². The standard InChI is InChI=1S/C24H32N4O5S/c1-18(2)16-22(21(24(30)27-31)11-7-10-19-8-5-4-6-9-19)23(29)26-28(34(3,32)33)17-20-12-14-25-15-13-20/h4-10,12-15,18,21-22,31H,11,16-17H2,1-3H3,(H,26,29)(H,27,30)/b10-7+/t21-,22+/m0/s1. The molecule has 0 aliphatic carbocycles. The van der Waals surface area contributed by atoms with E-state index in [9.17, 15) is 23.2 Å².